The molecule has 16 heavy (non-hydrogen) atoms. The first-order valence-electron chi connectivity index (χ1n) is 7.07. The minimum Gasteiger partial charge on any atom is -0.374 e. The fourth-order valence-corrected chi connectivity index (χ4v) is 3.15. The molecule has 1 aliphatic heterocycles. The van der Waals surface area contributed by atoms with Crippen LogP contribution in [0.1, 0.15) is 58.8 Å². The van der Waals surface area contributed by atoms with E-state index in [2.05, 4.69) is 19.2 Å². The number of ether oxygens (including phenoxy) is 1. The van der Waals surface area contributed by atoms with Gasteiger partial charge in [-0.15, -0.1) is 0 Å². The van der Waals surface area contributed by atoms with Crippen molar-refractivity contribution in [2.75, 3.05) is 13.2 Å². The van der Waals surface area contributed by atoms with Gasteiger partial charge in [0.15, 0.2) is 0 Å². The second-order valence-electron chi connectivity index (χ2n) is 5.97. The van der Waals surface area contributed by atoms with Crippen molar-refractivity contribution in [1.29, 1.82) is 0 Å². The summed E-state index contributed by atoms with van der Waals surface area (Å²) in [5.74, 6) is 0.902. The van der Waals surface area contributed by atoms with E-state index >= 15 is 0 Å². The lowest BCUT2D eigenvalue weighted by Gasteiger charge is -2.32. The molecule has 2 rings (SSSR count). The Morgan fingerprint density at radius 3 is 2.62 bits per heavy atom. The topological polar surface area (TPSA) is 21.3 Å². The molecule has 2 fully saturated rings. The van der Waals surface area contributed by atoms with Crippen LogP contribution in [0.3, 0.4) is 0 Å². The summed E-state index contributed by atoms with van der Waals surface area (Å²) in [7, 11) is 0. The number of rotatable bonds is 4. The molecule has 1 N–H and O–H groups in total. The first-order chi connectivity index (χ1) is 7.70. The van der Waals surface area contributed by atoms with Crippen molar-refractivity contribution in [1.82, 2.24) is 5.32 Å². The van der Waals surface area contributed by atoms with E-state index in [0.29, 0.717) is 6.04 Å². The minimum absolute atomic E-state index is 0.114. The number of hydrogen-bond donors (Lipinski definition) is 1. The van der Waals surface area contributed by atoms with Crippen LogP contribution < -0.4 is 5.32 Å². The minimum atomic E-state index is 0.114. The van der Waals surface area contributed by atoms with Crippen LogP contribution in [0.25, 0.3) is 0 Å². The van der Waals surface area contributed by atoms with Crippen LogP contribution in [0, 0.1) is 5.92 Å². The molecule has 1 saturated heterocycles. The Morgan fingerprint density at radius 2 is 2.00 bits per heavy atom. The smallest absolute Gasteiger partial charge is 0.0779 e. The molecule has 1 aliphatic carbocycles. The van der Waals surface area contributed by atoms with E-state index < -0.39 is 0 Å². The van der Waals surface area contributed by atoms with Crippen molar-refractivity contribution in [3.63, 3.8) is 0 Å². The van der Waals surface area contributed by atoms with Crippen molar-refractivity contribution in [2.45, 2.75) is 70.4 Å². The zero-order chi connectivity index (χ0) is 11.4. The summed E-state index contributed by atoms with van der Waals surface area (Å²) in [6.45, 7) is 6.59. The molecule has 2 unspecified atom stereocenters. The Morgan fingerprint density at radius 1 is 1.25 bits per heavy atom. The summed E-state index contributed by atoms with van der Waals surface area (Å²) in [5, 5.41) is 3.71. The third-order valence-corrected chi connectivity index (χ3v) is 4.46. The third-order valence-electron chi connectivity index (χ3n) is 4.46. The molecular formula is C14H27NO. The predicted octanol–water partition coefficient (Wildman–Crippen LogP) is 3.11. The summed E-state index contributed by atoms with van der Waals surface area (Å²) < 4.78 is 5.82. The Hall–Kier alpha value is -0.0800. The van der Waals surface area contributed by atoms with Gasteiger partial charge >= 0.3 is 0 Å². The van der Waals surface area contributed by atoms with Gasteiger partial charge in [0.2, 0.25) is 0 Å². The molecule has 2 heteroatoms. The summed E-state index contributed by atoms with van der Waals surface area (Å²) in [6.07, 6.45) is 9.61. The molecule has 1 saturated carbocycles. The van der Waals surface area contributed by atoms with E-state index in [1.54, 1.807) is 0 Å². The Bertz CT molecular complexity index is 205. The highest BCUT2D eigenvalue weighted by molar-refractivity contribution is 4.85. The van der Waals surface area contributed by atoms with Gasteiger partial charge in [-0.3, -0.25) is 0 Å². The first-order valence-corrected chi connectivity index (χ1v) is 7.07. The van der Waals surface area contributed by atoms with Gasteiger partial charge in [0.25, 0.3) is 0 Å². The van der Waals surface area contributed by atoms with E-state index in [1.807, 2.05) is 0 Å². The van der Waals surface area contributed by atoms with E-state index in [9.17, 15) is 0 Å². The largest absolute Gasteiger partial charge is 0.374 e. The molecule has 2 aliphatic rings. The standard InChI is InChI=1S/C14H27NO/c1-12(13-7-4-3-5-8-13)15-11-14(2)9-6-10-16-14/h12-13,15H,3-11H2,1-2H3. The van der Waals surface area contributed by atoms with Gasteiger partial charge in [0.1, 0.15) is 0 Å². The second kappa shape index (κ2) is 5.50. The molecule has 0 aromatic rings. The van der Waals surface area contributed by atoms with Gasteiger partial charge in [0.05, 0.1) is 5.60 Å². The zero-order valence-corrected chi connectivity index (χ0v) is 10.9. The lowest BCUT2D eigenvalue weighted by molar-refractivity contribution is 0.0171. The van der Waals surface area contributed by atoms with Crippen LogP contribution in [0.15, 0.2) is 0 Å². The number of nitrogens with one attached hydrogen (secondary N) is 1. The molecule has 0 radical (unpaired) electrons. The Labute approximate surface area is 100 Å². The molecule has 2 nitrogen and oxygen atoms in total. The highest BCUT2D eigenvalue weighted by atomic mass is 16.5. The highest BCUT2D eigenvalue weighted by Gasteiger charge is 2.30. The van der Waals surface area contributed by atoms with Gasteiger partial charge < -0.3 is 10.1 Å². The maximum atomic E-state index is 5.82. The van der Waals surface area contributed by atoms with E-state index in [4.69, 9.17) is 4.74 Å². The van der Waals surface area contributed by atoms with Gasteiger partial charge in [-0.05, 0) is 45.4 Å². The van der Waals surface area contributed by atoms with Gasteiger partial charge in [-0.25, -0.2) is 0 Å². The van der Waals surface area contributed by atoms with Crippen molar-refractivity contribution < 1.29 is 4.74 Å². The zero-order valence-electron chi connectivity index (χ0n) is 10.9. The summed E-state index contributed by atoms with van der Waals surface area (Å²) in [4.78, 5) is 0. The lowest BCUT2D eigenvalue weighted by atomic mass is 9.84. The van der Waals surface area contributed by atoms with Crippen molar-refractivity contribution in [3.05, 3.63) is 0 Å². The molecule has 0 amide bonds. The molecule has 0 bridgehead atoms. The average Bonchev–Trinajstić information content (AvgIpc) is 2.75. The SMILES string of the molecule is CC(NCC1(C)CCCO1)C1CCCCC1. The monoisotopic (exact) mass is 225 g/mol. The quantitative estimate of drug-likeness (QED) is 0.794. The molecule has 0 spiro atoms. The van der Waals surface area contributed by atoms with Crippen LogP contribution in [-0.4, -0.2) is 24.8 Å². The molecule has 0 aromatic carbocycles. The lowest BCUT2D eigenvalue weighted by Crippen LogP contribution is -2.44. The predicted molar refractivity (Wildman–Crippen MR) is 67.6 cm³/mol. The van der Waals surface area contributed by atoms with E-state index in [0.717, 1.165) is 19.1 Å². The first kappa shape index (κ1) is 12.4. The Balaban J connectivity index is 1.71. The van der Waals surface area contributed by atoms with Crippen LogP contribution >= 0.6 is 0 Å². The van der Waals surface area contributed by atoms with E-state index in [1.165, 1.54) is 44.9 Å². The van der Waals surface area contributed by atoms with Gasteiger partial charge in [-0.2, -0.15) is 0 Å². The highest BCUT2D eigenvalue weighted by Crippen LogP contribution is 2.28. The second-order valence-corrected chi connectivity index (χ2v) is 5.97. The number of hydrogen-bond acceptors (Lipinski definition) is 2. The molecule has 0 aromatic heterocycles. The summed E-state index contributed by atoms with van der Waals surface area (Å²) >= 11 is 0. The molecule has 2 atom stereocenters. The summed E-state index contributed by atoms with van der Waals surface area (Å²) in [5.41, 5.74) is 0.114. The van der Waals surface area contributed by atoms with Crippen LogP contribution in [0.5, 0.6) is 0 Å². The summed E-state index contributed by atoms with van der Waals surface area (Å²) in [6, 6.07) is 0.668. The third kappa shape index (κ3) is 3.21. The maximum absolute atomic E-state index is 5.82. The van der Waals surface area contributed by atoms with Crippen LogP contribution in [0.4, 0.5) is 0 Å². The fraction of sp³-hybridized carbons (Fsp3) is 1.00. The van der Waals surface area contributed by atoms with E-state index in [-0.39, 0.29) is 5.60 Å². The van der Waals surface area contributed by atoms with Crippen molar-refractivity contribution in [2.24, 2.45) is 5.92 Å². The average molecular weight is 225 g/mol. The molecule has 1 heterocycles. The maximum Gasteiger partial charge on any atom is 0.0779 e. The molecular weight excluding hydrogens is 198 g/mol. The van der Waals surface area contributed by atoms with Crippen molar-refractivity contribution >= 4 is 0 Å². The van der Waals surface area contributed by atoms with Crippen molar-refractivity contribution in [3.8, 4) is 0 Å². The van der Waals surface area contributed by atoms with Crippen LogP contribution in [0.2, 0.25) is 0 Å². The normalized spacial score (nSPS) is 34.1. The van der Waals surface area contributed by atoms with Gasteiger partial charge in [0, 0.05) is 19.2 Å². The van der Waals surface area contributed by atoms with Gasteiger partial charge in [-0.1, -0.05) is 19.3 Å². The fourth-order valence-electron chi connectivity index (χ4n) is 3.15. The molecule has 94 valence electrons. The van der Waals surface area contributed by atoms with Crippen LogP contribution in [-0.2, 0) is 4.74 Å². The Kier molecular flexibility index (Phi) is 4.26.